The summed E-state index contributed by atoms with van der Waals surface area (Å²) in [4.78, 5) is 2.49. The maximum atomic E-state index is 10.1. The number of piperidine rings is 1. The van der Waals surface area contributed by atoms with Crippen molar-refractivity contribution < 1.29 is 24.4 Å². The van der Waals surface area contributed by atoms with E-state index in [4.69, 9.17) is 14.2 Å². The number of hydrogen-bond donors (Lipinski definition) is 2. The molecule has 4 aliphatic rings. The topological polar surface area (TPSA) is 71.4 Å². The van der Waals surface area contributed by atoms with Crippen LogP contribution < -0.4 is 9.47 Å². The smallest absolute Gasteiger partial charge is 0.131 e. The number of allylic oxidation sites excluding steroid dienone is 2. The monoisotopic (exact) mass is 487 g/mol. The molecule has 2 aromatic carbocycles. The average molecular weight is 488 g/mol. The lowest BCUT2D eigenvalue weighted by Crippen LogP contribution is -2.33. The SMILES string of the molecule is Oc1ccc2c(c1)O[C@@H](C1C=CC(OCCN3CCCCC3)=CC1)C1=C2CCOc2cc(O)ccc21. The molecule has 188 valence electrons. The fourth-order valence-electron chi connectivity index (χ4n) is 5.80. The number of phenols is 2. The molecule has 2 aromatic rings. The van der Waals surface area contributed by atoms with Crippen LogP contribution in [-0.4, -0.2) is 54.1 Å². The van der Waals surface area contributed by atoms with E-state index in [1.807, 2.05) is 12.1 Å². The van der Waals surface area contributed by atoms with Crippen LogP contribution in [0, 0.1) is 5.92 Å². The van der Waals surface area contributed by atoms with E-state index in [1.165, 1.54) is 37.9 Å². The minimum atomic E-state index is -0.248. The Labute approximate surface area is 212 Å². The molecular weight excluding hydrogens is 454 g/mol. The fourth-order valence-corrected chi connectivity index (χ4v) is 5.80. The molecule has 3 heterocycles. The maximum absolute atomic E-state index is 10.1. The molecule has 36 heavy (non-hydrogen) atoms. The molecule has 1 unspecified atom stereocenters. The van der Waals surface area contributed by atoms with E-state index >= 15 is 0 Å². The standard InChI is InChI=1S/C30H33NO5/c32-21-7-11-26-27(18-21)35-16-12-25-24-10-6-22(33)19-28(24)36-30(29(25)26)20-4-8-23(9-5-20)34-17-15-31-13-2-1-3-14-31/h4,6-11,18-20,30,32-33H,1-3,5,12-17H2/t20?,30-/m0/s1. The van der Waals surface area contributed by atoms with Crippen molar-refractivity contribution in [1.29, 1.82) is 0 Å². The molecule has 1 saturated heterocycles. The highest BCUT2D eigenvalue weighted by atomic mass is 16.5. The van der Waals surface area contributed by atoms with Crippen molar-refractivity contribution in [2.75, 3.05) is 32.8 Å². The van der Waals surface area contributed by atoms with Gasteiger partial charge in [0, 0.05) is 47.7 Å². The molecule has 2 N–H and O–H groups in total. The highest BCUT2D eigenvalue weighted by Gasteiger charge is 2.37. The molecule has 6 nitrogen and oxygen atoms in total. The van der Waals surface area contributed by atoms with Crippen molar-refractivity contribution in [2.45, 2.75) is 38.2 Å². The largest absolute Gasteiger partial charge is 0.508 e. The average Bonchev–Trinajstić information content (AvgIpc) is 3.08. The lowest BCUT2D eigenvalue weighted by molar-refractivity contribution is 0.146. The molecule has 2 atom stereocenters. The van der Waals surface area contributed by atoms with E-state index in [0.29, 0.717) is 24.7 Å². The first-order chi connectivity index (χ1) is 17.7. The quantitative estimate of drug-likeness (QED) is 0.579. The molecule has 6 heteroatoms. The molecule has 0 radical (unpaired) electrons. The minimum Gasteiger partial charge on any atom is -0.508 e. The van der Waals surface area contributed by atoms with Gasteiger partial charge in [-0.05, 0) is 74.3 Å². The zero-order valence-electron chi connectivity index (χ0n) is 20.5. The summed E-state index contributed by atoms with van der Waals surface area (Å²) < 4.78 is 18.7. The van der Waals surface area contributed by atoms with Crippen LogP contribution in [0.4, 0.5) is 0 Å². The molecule has 0 bridgehead atoms. The van der Waals surface area contributed by atoms with Crippen LogP contribution in [-0.2, 0) is 4.74 Å². The Kier molecular flexibility index (Phi) is 6.36. The van der Waals surface area contributed by atoms with Gasteiger partial charge in [0.05, 0.1) is 6.61 Å². The molecule has 0 spiro atoms. The highest BCUT2D eigenvalue weighted by Crippen LogP contribution is 2.49. The molecule has 3 aliphatic heterocycles. The number of hydrogen-bond acceptors (Lipinski definition) is 6. The number of fused-ring (bicyclic) bond motifs is 4. The van der Waals surface area contributed by atoms with Crippen LogP contribution >= 0.6 is 0 Å². The Balaban J connectivity index is 1.25. The van der Waals surface area contributed by atoms with Gasteiger partial charge >= 0.3 is 0 Å². The van der Waals surface area contributed by atoms with E-state index in [0.717, 1.165) is 41.8 Å². The van der Waals surface area contributed by atoms with Crippen molar-refractivity contribution >= 4 is 11.1 Å². The molecule has 1 fully saturated rings. The van der Waals surface area contributed by atoms with Gasteiger partial charge in [-0.1, -0.05) is 12.5 Å². The summed E-state index contributed by atoms with van der Waals surface area (Å²) in [6.07, 6.45) is 11.6. The van der Waals surface area contributed by atoms with E-state index in [-0.39, 0.29) is 23.5 Å². The van der Waals surface area contributed by atoms with E-state index < -0.39 is 0 Å². The predicted octanol–water partition coefficient (Wildman–Crippen LogP) is 5.51. The number of nitrogens with zero attached hydrogens (tertiary/aromatic N) is 1. The fraction of sp³-hybridized carbons (Fsp3) is 0.400. The summed E-state index contributed by atoms with van der Waals surface area (Å²) in [5.41, 5.74) is 4.20. The Bertz CT molecular complexity index is 1220. The summed E-state index contributed by atoms with van der Waals surface area (Å²) in [5.74, 6) is 2.76. The first-order valence-corrected chi connectivity index (χ1v) is 13.1. The van der Waals surface area contributed by atoms with Crippen molar-refractivity contribution in [3.63, 3.8) is 0 Å². The van der Waals surface area contributed by atoms with Gasteiger partial charge in [0.15, 0.2) is 0 Å². The van der Waals surface area contributed by atoms with Gasteiger partial charge in [0.25, 0.3) is 0 Å². The normalized spacial score (nSPS) is 23.4. The second-order valence-electron chi connectivity index (χ2n) is 10.0. The third kappa shape index (κ3) is 4.58. The number of benzene rings is 2. The van der Waals surface area contributed by atoms with Crippen LogP contribution in [0.25, 0.3) is 11.1 Å². The second kappa shape index (κ2) is 9.94. The molecule has 0 aromatic heterocycles. The third-order valence-corrected chi connectivity index (χ3v) is 7.63. The minimum absolute atomic E-state index is 0.0969. The van der Waals surface area contributed by atoms with Crippen molar-refractivity contribution in [1.82, 2.24) is 4.90 Å². The molecule has 1 aliphatic carbocycles. The lowest BCUT2D eigenvalue weighted by atomic mass is 9.80. The van der Waals surface area contributed by atoms with E-state index in [2.05, 4.69) is 23.1 Å². The first kappa shape index (κ1) is 23.0. The van der Waals surface area contributed by atoms with E-state index in [1.54, 1.807) is 24.3 Å². The summed E-state index contributed by atoms with van der Waals surface area (Å²) in [7, 11) is 0. The number of aromatic hydroxyl groups is 2. The van der Waals surface area contributed by atoms with Gasteiger partial charge in [-0.25, -0.2) is 0 Å². The summed E-state index contributed by atoms with van der Waals surface area (Å²) >= 11 is 0. The van der Waals surface area contributed by atoms with Crippen molar-refractivity contribution in [2.24, 2.45) is 5.92 Å². The third-order valence-electron chi connectivity index (χ3n) is 7.63. The Morgan fingerprint density at radius 3 is 2.50 bits per heavy atom. The molecule has 0 amide bonds. The lowest BCUT2D eigenvalue weighted by Gasteiger charge is -2.35. The van der Waals surface area contributed by atoms with Crippen LogP contribution in [0.5, 0.6) is 23.0 Å². The van der Waals surface area contributed by atoms with Crippen LogP contribution in [0.2, 0.25) is 0 Å². The van der Waals surface area contributed by atoms with E-state index in [9.17, 15) is 10.2 Å². The zero-order valence-corrected chi connectivity index (χ0v) is 20.5. The number of rotatable bonds is 5. The Hall–Kier alpha value is -3.38. The van der Waals surface area contributed by atoms with Crippen LogP contribution in [0.15, 0.2) is 60.4 Å². The van der Waals surface area contributed by atoms with Gasteiger partial charge in [0.1, 0.15) is 41.5 Å². The zero-order chi connectivity index (χ0) is 24.5. The Morgan fingerprint density at radius 1 is 0.944 bits per heavy atom. The number of ether oxygens (including phenoxy) is 3. The maximum Gasteiger partial charge on any atom is 0.131 e. The number of phenolic OH excluding ortho intramolecular Hbond substituents is 2. The van der Waals surface area contributed by atoms with Gasteiger partial charge in [-0.15, -0.1) is 0 Å². The van der Waals surface area contributed by atoms with Crippen molar-refractivity contribution in [3.05, 3.63) is 71.5 Å². The highest BCUT2D eigenvalue weighted by molar-refractivity contribution is 5.98. The number of likely N-dealkylation sites (tertiary alicyclic amines) is 1. The second-order valence-corrected chi connectivity index (χ2v) is 10.0. The summed E-state index contributed by atoms with van der Waals surface area (Å²) in [6.45, 7) is 4.54. The van der Waals surface area contributed by atoms with Gasteiger partial charge in [0.2, 0.25) is 0 Å². The Morgan fingerprint density at radius 2 is 1.72 bits per heavy atom. The van der Waals surface area contributed by atoms with Gasteiger partial charge in [-0.3, -0.25) is 4.90 Å². The first-order valence-electron chi connectivity index (χ1n) is 13.1. The molecule has 6 rings (SSSR count). The van der Waals surface area contributed by atoms with Crippen molar-refractivity contribution in [3.8, 4) is 23.0 Å². The predicted molar refractivity (Wildman–Crippen MR) is 139 cm³/mol. The van der Waals surface area contributed by atoms with Crippen LogP contribution in [0.3, 0.4) is 0 Å². The molecule has 0 saturated carbocycles. The van der Waals surface area contributed by atoms with Crippen LogP contribution in [0.1, 0.15) is 43.2 Å². The summed E-state index contributed by atoms with van der Waals surface area (Å²) in [6, 6.07) is 10.6. The molecular formula is C30H33NO5. The summed E-state index contributed by atoms with van der Waals surface area (Å²) in [5, 5.41) is 20.2. The van der Waals surface area contributed by atoms with Gasteiger partial charge in [-0.2, -0.15) is 0 Å². The van der Waals surface area contributed by atoms with Gasteiger partial charge < -0.3 is 24.4 Å².